The Bertz CT molecular complexity index is 964. The lowest BCUT2D eigenvalue weighted by Gasteiger charge is -2.41. The molecule has 0 spiro atoms. The van der Waals surface area contributed by atoms with Crippen molar-refractivity contribution >= 4 is 17.5 Å². The van der Waals surface area contributed by atoms with Gasteiger partial charge in [0, 0.05) is 31.2 Å². The molecular formula is C23H29N7. The summed E-state index contributed by atoms with van der Waals surface area (Å²) < 4.78 is 0. The van der Waals surface area contributed by atoms with E-state index in [0.29, 0.717) is 17.9 Å². The minimum atomic E-state index is -0.0226. The van der Waals surface area contributed by atoms with Crippen molar-refractivity contribution in [2.75, 3.05) is 50.0 Å². The van der Waals surface area contributed by atoms with Gasteiger partial charge in [0.2, 0.25) is 0 Å². The maximum atomic E-state index is 9.20. The largest absolute Gasteiger partial charge is 0.356 e. The molecule has 2 unspecified atom stereocenters. The molecule has 2 aliphatic heterocycles. The lowest BCUT2D eigenvalue weighted by atomic mass is 9.73. The van der Waals surface area contributed by atoms with Crippen LogP contribution >= 0.6 is 0 Å². The number of fused-ring (bicyclic) bond motifs is 1. The highest BCUT2D eigenvalue weighted by atomic mass is 15.2. The van der Waals surface area contributed by atoms with Gasteiger partial charge in [0.05, 0.1) is 11.6 Å². The Kier molecular flexibility index (Phi) is 4.84. The summed E-state index contributed by atoms with van der Waals surface area (Å²) in [6, 6.07) is 10.0. The second kappa shape index (κ2) is 7.53. The van der Waals surface area contributed by atoms with Crippen molar-refractivity contribution in [1.82, 2.24) is 14.9 Å². The van der Waals surface area contributed by atoms with Gasteiger partial charge in [-0.1, -0.05) is 0 Å². The quantitative estimate of drug-likeness (QED) is 0.792. The number of likely N-dealkylation sites (tertiary alicyclic amines) is 1. The van der Waals surface area contributed by atoms with Crippen molar-refractivity contribution in [2.24, 2.45) is 17.6 Å². The van der Waals surface area contributed by atoms with Crippen molar-refractivity contribution < 1.29 is 0 Å². The first-order valence-electron chi connectivity index (χ1n) is 10.9. The number of nitrogens with zero attached hydrogens (tertiary/aromatic N) is 5. The number of nitrogens with one attached hydrogen (secondary N) is 1. The van der Waals surface area contributed by atoms with E-state index >= 15 is 0 Å². The van der Waals surface area contributed by atoms with E-state index in [-0.39, 0.29) is 5.41 Å². The first-order chi connectivity index (χ1) is 14.6. The molecule has 2 aromatic heterocycles. The maximum absolute atomic E-state index is 9.20. The molecular weight excluding hydrogens is 374 g/mol. The van der Waals surface area contributed by atoms with Gasteiger partial charge < -0.3 is 20.9 Å². The molecule has 0 bridgehead atoms. The maximum Gasteiger partial charge on any atom is 0.134 e. The Morgan fingerprint density at radius 1 is 1.20 bits per heavy atom. The van der Waals surface area contributed by atoms with Crippen LogP contribution < -0.4 is 16.0 Å². The molecule has 3 N–H and O–H groups in total. The first kappa shape index (κ1) is 19.3. The lowest BCUT2D eigenvalue weighted by molar-refractivity contribution is 0.191. The van der Waals surface area contributed by atoms with Crippen molar-refractivity contribution in [3.8, 4) is 6.07 Å². The molecule has 2 saturated heterocycles. The van der Waals surface area contributed by atoms with Crippen LogP contribution in [0.3, 0.4) is 0 Å². The number of nitriles is 1. The van der Waals surface area contributed by atoms with E-state index in [1.54, 1.807) is 18.3 Å². The fraction of sp³-hybridized carbons (Fsp3) is 0.522. The SMILES string of the molecule is CN1CCC(CN)(c2cc(Nc3cc(C#N)ccn3)nc(N3CC4CC4C3)c2)CC1. The molecule has 3 aliphatic rings. The Morgan fingerprint density at radius 2 is 1.97 bits per heavy atom. The minimum absolute atomic E-state index is 0.0226. The summed E-state index contributed by atoms with van der Waals surface area (Å²) in [5.74, 6) is 4.13. The van der Waals surface area contributed by atoms with Gasteiger partial charge in [-0.3, -0.25) is 0 Å². The molecule has 7 nitrogen and oxygen atoms in total. The second-order valence-corrected chi connectivity index (χ2v) is 9.21. The molecule has 5 rings (SSSR count). The Balaban J connectivity index is 1.51. The van der Waals surface area contributed by atoms with Crippen LogP contribution in [0.1, 0.15) is 30.4 Å². The monoisotopic (exact) mass is 403 g/mol. The van der Waals surface area contributed by atoms with Crippen LogP contribution in [0, 0.1) is 23.2 Å². The van der Waals surface area contributed by atoms with Gasteiger partial charge in [0.25, 0.3) is 0 Å². The molecule has 3 fully saturated rings. The van der Waals surface area contributed by atoms with Crippen LogP contribution in [0.2, 0.25) is 0 Å². The third kappa shape index (κ3) is 3.62. The average molecular weight is 404 g/mol. The lowest BCUT2D eigenvalue weighted by Crippen LogP contribution is -2.45. The molecule has 0 radical (unpaired) electrons. The van der Waals surface area contributed by atoms with Crippen LogP contribution in [0.25, 0.3) is 0 Å². The predicted molar refractivity (Wildman–Crippen MR) is 118 cm³/mol. The number of aromatic nitrogens is 2. The highest BCUT2D eigenvalue weighted by Gasteiger charge is 2.46. The Labute approximate surface area is 177 Å². The van der Waals surface area contributed by atoms with E-state index in [9.17, 15) is 5.26 Å². The van der Waals surface area contributed by atoms with Crippen molar-refractivity contribution in [1.29, 1.82) is 5.26 Å². The zero-order valence-electron chi connectivity index (χ0n) is 17.5. The van der Waals surface area contributed by atoms with Crippen molar-refractivity contribution in [3.05, 3.63) is 41.6 Å². The van der Waals surface area contributed by atoms with E-state index in [2.05, 4.69) is 45.4 Å². The third-order valence-electron chi connectivity index (χ3n) is 7.21. The summed E-state index contributed by atoms with van der Waals surface area (Å²) in [4.78, 5) is 14.1. The summed E-state index contributed by atoms with van der Waals surface area (Å²) >= 11 is 0. The molecule has 0 amide bonds. The number of anilines is 3. The van der Waals surface area contributed by atoms with Gasteiger partial charge in [-0.2, -0.15) is 5.26 Å². The van der Waals surface area contributed by atoms with Gasteiger partial charge in [0.1, 0.15) is 17.5 Å². The van der Waals surface area contributed by atoms with Gasteiger partial charge in [-0.25, -0.2) is 9.97 Å². The Morgan fingerprint density at radius 3 is 2.67 bits per heavy atom. The predicted octanol–water partition coefficient (Wildman–Crippen LogP) is 2.47. The second-order valence-electron chi connectivity index (χ2n) is 9.21. The normalized spacial score (nSPS) is 24.9. The van der Waals surface area contributed by atoms with E-state index in [1.807, 2.05) is 0 Å². The minimum Gasteiger partial charge on any atom is -0.356 e. The summed E-state index contributed by atoms with van der Waals surface area (Å²) in [6.07, 6.45) is 5.12. The van der Waals surface area contributed by atoms with Gasteiger partial charge in [-0.05, 0) is 81.1 Å². The number of hydrogen-bond acceptors (Lipinski definition) is 7. The molecule has 7 heteroatoms. The molecule has 30 heavy (non-hydrogen) atoms. The third-order valence-corrected chi connectivity index (χ3v) is 7.21. The summed E-state index contributed by atoms with van der Waals surface area (Å²) in [5.41, 5.74) is 8.19. The Hall–Kier alpha value is -2.69. The molecule has 4 heterocycles. The first-order valence-corrected chi connectivity index (χ1v) is 10.9. The van der Waals surface area contributed by atoms with Crippen molar-refractivity contribution in [3.63, 3.8) is 0 Å². The number of piperidine rings is 2. The van der Waals surface area contributed by atoms with Crippen molar-refractivity contribution in [2.45, 2.75) is 24.7 Å². The van der Waals surface area contributed by atoms with E-state index < -0.39 is 0 Å². The zero-order chi connectivity index (χ0) is 20.7. The summed E-state index contributed by atoms with van der Waals surface area (Å²) in [7, 11) is 2.18. The number of pyridine rings is 2. The van der Waals surface area contributed by atoms with E-state index in [0.717, 1.165) is 62.5 Å². The molecule has 156 valence electrons. The fourth-order valence-corrected chi connectivity index (χ4v) is 4.99. The number of hydrogen-bond donors (Lipinski definition) is 2. The highest BCUT2D eigenvalue weighted by Crippen LogP contribution is 2.47. The average Bonchev–Trinajstić information content (AvgIpc) is 3.39. The fourth-order valence-electron chi connectivity index (χ4n) is 4.99. The summed E-state index contributed by atoms with van der Waals surface area (Å²) in [6.45, 7) is 4.94. The van der Waals surface area contributed by atoms with Crippen LogP contribution in [-0.4, -0.2) is 54.6 Å². The van der Waals surface area contributed by atoms with Crippen LogP contribution in [0.5, 0.6) is 0 Å². The van der Waals surface area contributed by atoms with Gasteiger partial charge in [0.15, 0.2) is 0 Å². The number of rotatable bonds is 5. The zero-order valence-corrected chi connectivity index (χ0v) is 17.5. The highest BCUT2D eigenvalue weighted by molar-refractivity contribution is 5.60. The summed E-state index contributed by atoms with van der Waals surface area (Å²) in [5, 5.41) is 12.5. The molecule has 1 saturated carbocycles. The molecule has 2 atom stereocenters. The van der Waals surface area contributed by atoms with Gasteiger partial charge >= 0.3 is 0 Å². The van der Waals surface area contributed by atoms with E-state index in [4.69, 9.17) is 10.7 Å². The molecule has 0 aromatic carbocycles. The van der Waals surface area contributed by atoms with Crippen LogP contribution in [0.15, 0.2) is 30.5 Å². The molecule has 2 aromatic rings. The molecule has 1 aliphatic carbocycles. The topological polar surface area (TPSA) is 94.1 Å². The standard InChI is InChI=1S/C23H29N7/c1-29-6-3-23(15-25,4-7-29)19-10-21(27-20-8-16(12-24)2-5-26-20)28-22(11-19)30-13-17-9-18(17)14-30/h2,5,8,10-11,17-18H,3-4,6-7,9,13-15,25H2,1H3,(H,26,27,28). The smallest absolute Gasteiger partial charge is 0.134 e. The van der Waals surface area contributed by atoms with Crippen LogP contribution in [-0.2, 0) is 5.41 Å². The van der Waals surface area contributed by atoms with E-state index in [1.165, 1.54) is 12.0 Å². The van der Waals surface area contributed by atoms with Gasteiger partial charge in [-0.15, -0.1) is 0 Å². The number of nitrogens with two attached hydrogens (primary N) is 1. The van der Waals surface area contributed by atoms with Crippen LogP contribution in [0.4, 0.5) is 17.5 Å².